The predicted molar refractivity (Wildman–Crippen MR) is 72.0 cm³/mol. The van der Waals surface area contributed by atoms with Gasteiger partial charge in [-0.25, -0.2) is 0 Å². The Labute approximate surface area is 109 Å². The lowest BCUT2D eigenvalue weighted by molar-refractivity contribution is 0.158. The first-order chi connectivity index (χ1) is 8.60. The maximum Gasteiger partial charge on any atom is 0.257 e. The maximum atomic E-state index is 9.51. The molecular formula is C13H24N4O. The van der Waals surface area contributed by atoms with Crippen molar-refractivity contribution in [2.24, 2.45) is 0 Å². The predicted octanol–water partition coefficient (Wildman–Crippen LogP) is 2.31. The summed E-state index contributed by atoms with van der Waals surface area (Å²) in [6.07, 6.45) is 4.52. The van der Waals surface area contributed by atoms with Gasteiger partial charge in [0.1, 0.15) is 5.82 Å². The fourth-order valence-electron chi connectivity index (χ4n) is 1.80. The van der Waals surface area contributed by atoms with Crippen LogP contribution in [0.15, 0.2) is 6.07 Å². The molecule has 0 atom stereocenters. The number of aryl methyl sites for hydroxylation is 1. The summed E-state index contributed by atoms with van der Waals surface area (Å²) in [7, 11) is 0. The van der Waals surface area contributed by atoms with E-state index in [1.165, 1.54) is 0 Å². The summed E-state index contributed by atoms with van der Waals surface area (Å²) in [4.78, 5) is 6.35. The highest BCUT2D eigenvalue weighted by atomic mass is 16.5. The van der Waals surface area contributed by atoms with Gasteiger partial charge in [0.2, 0.25) is 0 Å². The highest BCUT2D eigenvalue weighted by Crippen LogP contribution is 2.12. The molecule has 0 saturated carbocycles. The lowest BCUT2D eigenvalue weighted by Gasteiger charge is -2.24. The maximum absolute atomic E-state index is 9.51. The van der Waals surface area contributed by atoms with E-state index in [1.54, 1.807) is 6.92 Å². The van der Waals surface area contributed by atoms with E-state index in [2.05, 4.69) is 23.7 Å². The van der Waals surface area contributed by atoms with Crippen molar-refractivity contribution in [2.75, 3.05) is 18.0 Å². The topological polar surface area (TPSA) is 65.1 Å². The van der Waals surface area contributed by atoms with Crippen molar-refractivity contribution in [2.45, 2.75) is 46.5 Å². The molecule has 0 aliphatic carbocycles. The molecule has 5 heteroatoms. The summed E-state index contributed by atoms with van der Waals surface area (Å²) in [6.45, 7) is 8.02. The second-order valence-corrected chi connectivity index (χ2v) is 4.59. The van der Waals surface area contributed by atoms with Crippen molar-refractivity contribution in [3.63, 3.8) is 0 Å². The Morgan fingerprint density at radius 3 is 2.28 bits per heavy atom. The van der Waals surface area contributed by atoms with Crippen LogP contribution in [0.3, 0.4) is 0 Å². The average Bonchev–Trinajstić information content (AvgIpc) is 2.35. The lowest BCUT2D eigenvalue weighted by Crippen LogP contribution is -2.31. The zero-order chi connectivity index (χ0) is 13.5. The van der Waals surface area contributed by atoms with Gasteiger partial charge in [-0.3, -0.25) is 5.41 Å². The van der Waals surface area contributed by atoms with Crippen molar-refractivity contribution in [3.8, 4) is 0 Å². The van der Waals surface area contributed by atoms with Crippen LogP contribution in [0.5, 0.6) is 0 Å². The van der Waals surface area contributed by atoms with E-state index in [9.17, 15) is 5.21 Å². The van der Waals surface area contributed by atoms with Crippen LogP contribution in [-0.2, 0) is 0 Å². The van der Waals surface area contributed by atoms with Crippen LogP contribution < -0.4 is 10.5 Å². The molecular weight excluding hydrogens is 228 g/mol. The highest BCUT2D eigenvalue weighted by molar-refractivity contribution is 5.38. The van der Waals surface area contributed by atoms with E-state index in [0.29, 0.717) is 5.69 Å². The van der Waals surface area contributed by atoms with Gasteiger partial charge in [0.05, 0.1) is 5.69 Å². The van der Waals surface area contributed by atoms with Gasteiger partial charge in [-0.1, -0.05) is 26.7 Å². The highest BCUT2D eigenvalue weighted by Gasteiger charge is 2.09. The molecule has 1 heterocycles. The van der Waals surface area contributed by atoms with Crippen LogP contribution in [-0.4, -0.2) is 28.0 Å². The summed E-state index contributed by atoms with van der Waals surface area (Å²) in [5, 5.41) is 17.1. The third-order valence-electron chi connectivity index (χ3n) is 2.98. The molecule has 0 spiro atoms. The molecule has 0 aromatic carbocycles. The third kappa shape index (κ3) is 3.75. The van der Waals surface area contributed by atoms with Gasteiger partial charge in [-0.05, 0) is 19.8 Å². The summed E-state index contributed by atoms with van der Waals surface area (Å²) in [6, 6.07) is 1.84. The second kappa shape index (κ2) is 7.03. The van der Waals surface area contributed by atoms with Gasteiger partial charge in [0, 0.05) is 19.2 Å². The number of anilines is 1. The molecule has 0 aliphatic heterocycles. The van der Waals surface area contributed by atoms with Crippen LogP contribution in [0.2, 0.25) is 0 Å². The van der Waals surface area contributed by atoms with E-state index in [0.717, 1.165) is 49.3 Å². The minimum Gasteiger partial charge on any atom is -0.425 e. The smallest absolute Gasteiger partial charge is 0.257 e. The molecule has 2 N–H and O–H groups in total. The Morgan fingerprint density at radius 1 is 1.28 bits per heavy atom. The van der Waals surface area contributed by atoms with Gasteiger partial charge in [-0.15, -0.1) is 0 Å². The molecule has 1 aromatic rings. The second-order valence-electron chi connectivity index (χ2n) is 4.59. The first-order valence-electron chi connectivity index (χ1n) is 6.69. The quantitative estimate of drug-likeness (QED) is 0.732. The van der Waals surface area contributed by atoms with Crippen LogP contribution in [0.4, 0.5) is 5.82 Å². The number of hydrogen-bond donors (Lipinski definition) is 2. The van der Waals surface area contributed by atoms with Gasteiger partial charge < -0.3 is 10.1 Å². The Bertz CT molecular complexity index is 419. The minimum absolute atomic E-state index is 0.108. The number of nitrogens with zero attached hydrogens (tertiary/aromatic N) is 3. The Hall–Kier alpha value is -1.52. The molecule has 0 bridgehead atoms. The van der Waals surface area contributed by atoms with Crippen molar-refractivity contribution in [3.05, 3.63) is 17.4 Å². The molecule has 1 aromatic heterocycles. The normalized spacial score (nSPS) is 10.6. The SMILES string of the molecule is CCCCN(CCCC)c1cc(C)n(O)c(=N)n1. The summed E-state index contributed by atoms with van der Waals surface area (Å²) in [5.74, 6) is 0.796. The van der Waals surface area contributed by atoms with E-state index in [-0.39, 0.29) is 5.62 Å². The number of hydrogen-bond acceptors (Lipinski definition) is 4. The molecule has 5 nitrogen and oxygen atoms in total. The van der Waals surface area contributed by atoms with Crippen molar-refractivity contribution in [1.82, 2.24) is 9.71 Å². The molecule has 102 valence electrons. The largest absolute Gasteiger partial charge is 0.425 e. The zero-order valence-corrected chi connectivity index (χ0v) is 11.6. The molecule has 0 radical (unpaired) electrons. The Balaban J connectivity index is 2.93. The molecule has 0 aliphatic rings. The molecule has 0 saturated heterocycles. The fourth-order valence-corrected chi connectivity index (χ4v) is 1.80. The molecule has 18 heavy (non-hydrogen) atoms. The molecule has 0 amide bonds. The van der Waals surface area contributed by atoms with E-state index in [4.69, 9.17) is 5.41 Å². The van der Waals surface area contributed by atoms with Gasteiger partial charge in [0.25, 0.3) is 5.62 Å². The number of rotatable bonds is 7. The lowest BCUT2D eigenvalue weighted by atomic mass is 10.2. The molecule has 0 fully saturated rings. The van der Waals surface area contributed by atoms with Crippen LogP contribution >= 0.6 is 0 Å². The number of unbranched alkanes of at least 4 members (excludes halogenated alkanes) is 2. The van der Waals surface area contributed by atoms with Crippen molar-refractivity contribution < 1.29 is 5.21 Å². The van der Waals surface area contributed by atoms with Crippen molar-refractivity contribution in [1.29, 1.82) is 5.41 Å². The van der Waals surface area contributed by atoms with Gasteiger partial charge >= 0.3 is 0 Å². The summed E-state index contributed by atoms with van der Waals surface area (Å²) in [5.41, 5.74) is 0.533. The third-order valence-corrected chi connectivity index (χ3v) is 2.98. The van der Waals surface area contributed by atoms with E-state index >= 15 is 0 Å². The van der Waals surface area contributed by atoms with Crippen LogP contribution in [0.1, 0.15) is 45.2 Å². The number of nitrogens with one attached hydrogen (secondary N) is 1. The minimum atomic E-state index is -0.108. The Morgan fingerprint density at radius 2 is 1.83 bits per heavy atom. The standard InChI is InChI=1S/C13H24N4O/c1-4-6-8-16(9-7-5-2)12-10-11(3)17(18)13(14)15-12/h10,14,18H,4-9H2,1-3H3. The number of aromatic nitrogens is 2. The summed E-state index contributed by atoms with van der Waals surface area (Å²) < 4.78 is 0.807. The monoisotopic (exact) mass is 252 g/mol. The van der Waals surface area contributed by atoms with Crippen molar-refractivity contribution >= 4 is 5.82 Å². The average molecular weight is 252 g/mol. The van der Waals surface area contributed by atoms with E-state index in [1.807, 2.05) is 6.07 Å². The van der Waals surface area contributed by atoms with Crippen LogP contribution in [0.25, 0.3) is 0 Å². The van der Waals surface area contributed by atoms with Gasteiger partial charge in [0.15, 0.2) is 0 Å². The van der Waals surface area contributed by atoms with E-state index < -0.39 is 0 Å². The first-order valence-corrected chi connectivity index (χ1v) is 6.69. The zero-order valence-electron chi connectivity index (χ0n) is 11.6. The molecule has 1 rings (SSSR count). The first kappa shape index (κ1) is 14.5. The van der Waals surface area contributed by atoms with Crippen LogP contribution in [0, 0.1) is 12.3 Å². The summed E-state index contributed by atoms with van der Waals surface area (Å²) >= 11 is 0. The van der Waals surface area contributed by atoms with Gasteiger partial charge in [-0.2, -0.15) is 9.71 Å². The Kier molecular flexibility index (Phi) is 5.68. The fraction of sp³-hybridized carbons (Fsp3) is 0.692. The molecule has 0 unspecified atom stereocenters.